The van der Waals surface area contributed by atoms with Crippen molar-refractivity contribution < 1.29 is 38.0 Å². The van der Waals surface area contributed by atoms with E-state index in [0.717, 1.165) is 5.56 Å². The van der Waals surface area contributed by atoms with Gasteiger partial charge in [0.1, 0.15) is 6.61 Å². The van der Waals surface area contributed by atoms with Gasteiger partial charge in [-0.3, -0.25) is 14.6 Å². The van der Waals surface area contributed by atoms with Crippen LogP contribution in [0.2, 0.25) is 0 Å². The molecule has 6 rings (SSSR count). The molecule has 4 aliphatic rings. The first-order chi connectivity index (χ1) is 16.9. The number of ether oxygens (including phenoxy) is 6. The first-order valence-electron chi connectivity index (χ1n) is 11.2. The average Bonchev–Trinajstić information content (AvgIpc) is 3.59. The van der Waals surface area contributed by atoms with E-state index in [1.54, 1.807) is 18.1 Å². The third kappa shape index (κ3) is 3.13. The quantitative estimate of drug-likeness (QED) is 0.611. The Morgan fingerprint density at radius 2 is 1.74 bits per heavy atom. The normalized spacial score (nSPS) is 20.1. The number of esters is 1. The van der Waals surface area contributed by atoms with Gasteiger partial charge in [-0.05, 0) is 50.3 Å². The number of nitrogens with zero attached hydrogens (tertiary/aromatic N) is 2. The lowest BCUT2D eigenvalue weighted by atomic mass is 9.80. The Labute approximate surface area is 201 Å². The number of methoxy groups -OCH3 is 1. The van der Waals surface area contributed by atoms with Crippen LogP contribution in [0.4, 0.5) is 5.69 Å². The molecule has 35 heavy (non-hydrogen) atoms. The molecule has 2 aromatic carbocycles. The highest BCUT2D eigenvalue weighted by Gasteiger charge is 2.46. The van der Waals surface area contributed by atoms with Gasteiger partial charge in [-0.1, -0.05) is 0 Å². The molecule has 1 amide bonds. The second-order valence-electron chi connectivity index (χ2n) is 8.90. The van der Waals surface area contributed by atoms with E-state index in [1.807, 2.05) is 44.1 Å². The Hall–Kier alpha value is -3.92. The summed E-state index contributed by atoms with van der Waals surface area (Å²) in [5.41, 5.74) is 2.99. The van der Waals surface area contributed by atoms with Crippen LogP contribution in [0.1, 0.15) is 24.0 Å². The fourth-order valence-electron chi connectivity index (χ4n) is 4.87. The summed E-state index contributed by atoms with van der Waals surface area (Å²) in [5.74, 6) is 1.41. The van der Waals surface area contributed by atoms with Gasteiger partial charge >= 0.3 is 5.97 Å². The van der Waals surface area contributed by atoms with Gasteiger partial charge in [0, 0.05) is 12.0 Å². The number of carbonyl (C=O) groups excluding carboxylic acids is 2. The minimum Gasteiger partial charge on any atom is -0.493 e. The van der Waals surface area contributed by atoms with Crippen molar-refractivity contribution >= 4 is 17.6 Å². The second-order valence-corrected chi connectivity index (χ2v) is 8.90. The van der Waals surface area contributed by atoms with Gasteiger partial charge in [0.2, 0.25) is 25.2 Å². The molecule has 2 atom stereocenters. The Morgan fingerprint density at radius 3 is 2.49 bits per heavy atom. The third-order valence-corrected chi connectivity index (χ3v) is 6.87. The fraction of sp³-hybridized carbons (Fsp3) is 0.360. The molecule has 182 valence electrons. The summed E-state index contributed by atoms with van der Waals surface area (Å²) < 4.78 is 33.5. The molecular weight excluding hydrogens is 456 g/mol. The molecule has 0 saturated heterocycles. The smallest absolute Gasteiger partial charge is 0.337 e. The summed E-state index contributed by atoms with van der Waals surface area (Å²) in [6, 6.07) is 6.83. The van der Waals surface area contributed by atoms with E-state index in [-0.39, 0.29) is 26.1 Å². The van der Waals surface area contributed by atoms with Crippen molar-refractivity contribution in [1.29, 1.82) is 0 Å². The molecule has 0 fully saturated rings. The Kier molecular flexibility index (Phi) is 4.82. The van der Waals surface area contributed by atoms with E-state index in [9.17, 15) is 9.59 Å². The topological polar surface area (TPSA) is 96.0 Å². The summed E-state index contributed by atoms with van der Waals surface area (Å²) in [6.07, 6.45) is 0. The van der Waals surface area contributed by atoms with Gasteiger partial charge in [-0.25, -0.2) is 4.79 Å². The van der Waals surface area contributed by atoms with Gasteiger partial charge in [-0.15, -0.1) is 0 Å². The van der Waals surface area contributed by atoms with Gasteiger partial charge in [0.25, 0.3) is 0 Å². The van der Waals surface area contributed by atoms with Crippen molar-refractivity contribution in [3.05, 3.63) is 46.7 Å². The lowest BCUT2D eigenvalue weighted by Crippen LogP contribution is -2.46. The number of rotatable bonds is 4. The molecule has 2 unspecified atom stereocenters. The number of likely N-dealkylation sites (N-methyl/N-ethyl adjacent to an activating group) is 1. The zero-order valence-corrected chi connectivity index (χ0v) is 19.7. The summed E-state index contributed by atoms with van der Waals surface area (Å²) in [4.78, 5) is 30.2. The fourth-order valence-corrected chi connectivity index (χ4v) is 4.87. The van der Waals surface area contributed by atoms with Crippen molar-refractivity contribution in [3.63, 3.8) is 0 Å². The molecule has 0 radical (unpaired) electrons. The summed E-state index contributed by atoms with van der Waals surface area (Å²) in [6.45, 7) is 1.97. The van der Waals surface area contributed by atoms with Crippen LogP contribution in [0.5, 0.6) is 28.7 Å². The number of amides is 1. The second kappa shape index (κ2) is 7.81. The average molecular weight is 480 g/mol. The highest BCUT2D eigenvalue weighted by Crippen LogP contribution is 2.53. The van der Waals surface area contributed by atoms with E-state index in [0.29, 0.717) is 51.3 Å². The van der Waals surface area contributed by atoms with Crippen molar-refractivity contribution in [2.45, 2.75) is 18.9 Å². The largest absolute Gasteiger partial charge is 0.493 e. The highest BCUT2D eigenvalue weighted by atomic mass is 16.7. The summed E-state index contributed by atoms with van der Waals surface area (Å²) in [7, 11) is 5.21. The van der Waals surface area contributed by atoms with Crippen LogP contribution in [0.25, 0.3) is 0 Å². The molecule has 2 aromatic rings. The van der Waals surface area contributed by atoms with Crippen LogP contribution in [0, 0.1) is 0 Å². The lowest BCUT2D eigenvalue weighted by molar-refractivity contribution is -0.136. The number of hydrogen-bond acceptors (Lipinski definition) is 9. The minimum atomic E-state index is -0.549. The van der Waals surface area contributed by atoms with Gasteiger partial charge < -0.3 is 28.4 Å². The monoisotopic (exact) mass is 480 g/mol. The maximum Gasteiger partial charge on any atom is 0.337 e. The molecule has 0 spiro atoms. The highest BCUT2D eigenvalue weighted by molar-refractivity contribution is 6.07. The van der Waals surface area contributed by atoms with E-state index in [2.05, 4.69) is 0 Å². The minimum absolute atomic E-state index is 0.00781. The van der Waals surface area contributed by atoms with E-state index < -0.39 is 17.9 Å². The SMILES string of the molecule is COc1cc(C2C3=C(COC3=O)N(C(=O)C(C)N(C)C)c3cc4c(cc32)OCO4)cc2c1OCO2. The molecule has 4 heterocycles. The van der Waals surface area contributed by atoms with Gasteiger partial charge in [-0.2, -0.15) is 0 Å². The zero-order valence-electron chi connectivity index (χ0n) is 19.7. The van der Waals surface area contributed by atoms with E-state index in [1.165, 1.54) is 0 Å². The Bertz CT molecular complexity index is 1300. The first-order valence-corrected chi connectivity index (χ1v) is 11.2. The van der Waals surface area contributed by atoms with Gasteiger partial charge in [0.05, 0.1) is 30.1 Å². The summed E-state index contributed by atoms with van der Waals surface area (Å²) in [5, 5.41) is 0. The number of carbonyl (C=O) groups is 2. The van der Waals surface area contributed by atoms with Crippen LogP contribution in [-0.2, 0) is 14.3 Å². The zero-order chi connectivity index (χ0) is 24.4. The predicted molar refractivity (Wildman–Crippen MR) is 122 cm³/mol. The maximum absolute atomic E-state index is 13.7. The van der Waals surface area contributed by atoms with Crippen LogP contribution < -0.4 is 28.6 Å². The van der Waals surface area contributed by atoms with Gasteiger partial charge in [0.15, 0.2) is 23.0 Å². The molecule has 10 heteroatoms. The molecule has 0 N–H and O–H groups in total. The number of benzene rings is 2. The van der Waals surface area contributed by atoms with Crippen molar-refractivity contribution in [2.75, 3.05) is 46.3 Å². The maximum atomic E-state index is 13.7. The first kappa shape index (κ1) is 21.6. The molecule has 0 aliphatic carbocycles. The van der Waals surface area contributed by atoms with Crippen LogP contribution in [0.3, 0.4) is 0 Å². The Balaban J connectivity index is 1.60. The Morgan fingerprint density at radius 1 is 1.03 bits per heavy atom. The van der Waals surface area contributed by atoms with Crippen molar-refractivity contribution in [1.82, 2.24) is 4.90 Å². The van der Waals surface area contributed by atoms with Crippen LogP contribution >= 0.6 is 0 Å². The summed E-state index contributed by atoms with van der Waals surface area (Å²) >= 11 is 0. The molecule has 0 bridgehead atoms. The lowest BCUT2D eigenvalue weighted by Gasteiger charge is -2.36. The standard InChI is InChI=1S/C25H24N2O8/c1-12(26(2)3)24(28)27-15-8-18-17(32-10-33-18)7-14(15)21(22-16(27)9-31-25(22)29)13-5-19(30-4)23-20(6-13)34-11-35-23/h5-8,12,21H,9-11H2,1-4H3. The molecule has 0 aromatic heterocycles. The number of fused-ring (bicyclic) bond motifs is 3. The molecule has 10 nitrogen and oxygen atoms in total. The number of anilines is 1. The van der Waals surface area contributed by atoms with Crippen LogP contribution in [0.15, 0.2) is 35.5 Å². The third-order valence-electron chi connectivity index (χ3n) is 6.87. The van der Waals surface area contributed by atoms with E-state index in [4.69, 9.17) is 28.4 Å². The predicted octanol–water partition coefficient (Wildman–Crippen LogP) is 2.39. The number of hydrogen-bond donors (Lipinski definition) is 0. The van der Waals surface area contributed by atoms with Crippen molar-refractivity contribution in [3.8, 4) is 28.7 Å². The molecule has 0 saturated carbocycles. The van der Waals surface area contributed by atoms with Crippen molar-refractivity contribution in [2.24, 2.45) is 0 Å². The molecule has 4 aliphatic heterocycles. The number of cyclic esters (lactones) is 1. The van der Waals surface area contributed by atoms with E-state index >= 15 is 0 Å². The van der Waals surface area contributed by atoms with Crippen LogP contribution in [-0.4, -0.2) is 64.2 Å². The molecular formula is C25H24N2O8.